The Hall–Kier alpha value is -2.94. The van der Waals surface area contributed by atoms with Crippen LogP contribution in [0.2, 0.25) is 0 Å². The molecule has 0 aliphatic heterocycles. The van der Waals surface area contributed by atoms with Crippen LogP contribution >= 0.6 is 0 Å². The number of rotatable bonds is 2. The first-order chi connectivity index (χ1) is 9.45. The summed E-state index contributed by atoms with van der Waals surface area (Å²) < 4.78 is 0. The van der Waals surface area contributed by atoms with Crippen molar-refractivity contribution in [1.82, 2.24) is 4.98 Å². The molecular formula is C14H11N3O3. The van der Waals surface area contributed by atoms with Crippen molar-refractivity contribution < 1.29 is 4.92 Å². The first kappa shape index (κ1) is 13.5. The molecule has 1 heterocycles. The van der Waals surface area contributed by atoms with Crippen LogP contribution in [0, 0.1) is 35.3 Å². The molecule has 0 atom stereocenters. The largest absolute Gasteiger partial charge is 0.325 e. The monoisotopic (exact) mass is 269 g/mol. The van der Waals surface area contributed by atoms with Crippen molar-refractivity contribution in [3.8, 4) is 17.2 Å². The topological polar surface area (TPSA) is 99.8 Å². The van der Waals surface area contributed by atoms with E-state index in [1.165, 1.54) is 18.2 Å². The fourth-order valence-corrected chi connectivity index (χ4v) is 2.06. The standard InChI is InChI=1S/C14H11N3O3/c1-8-9(2)16-14(18)12(7-15)13(8)10-4-3-5-11(6-10)17(19)20/h3-6H,1-2H3,(H,16,18). The summed E-state index contributed by atoms with van der Waals surface area (Å²) in [4.78, 5) is 24.7. The first-order valence-electron chi connectivity index (χ1n) is 5.84. The number of nitrogens with one attached hydrogen (secondary N) is 1. The van der Waals surface area contributed by atoms with Gasteiger partial charge in [0.25, 0.3) is 11.2 Å². The molecule has 1 N–H and O–H groups in total. The Morgan fingerprint density at radius 1 is 1.35 bits per heavy atom. The molecule has 0 amide bonds. The van der Waals surface area contributed by atoms with E-state index in [1.807, 2.05) is 6.07 Å². The van der Waals surface area contributed by atoms with Crippen LogP contribution in [0.3, 0.4) is 0 Å². The lowest BCUT2D eigenvalue weighted by atomic mass is 9.95. The Morgan fingerprint density at radius 2 is 2.05 bits per heavy atom. The van der Waals surface area contributed by atoms with Gasteiger partial charge in [0.05, 0.1) is 4.92 Å². The van der Waals surface area contributed by atoms with Gasteiger partial charge in [0.2, 0.25) is 0 Å². The summed E-state index contributed by atoms with van der Waals surface area (Å²) in [5.41, 5.74) is 1.69. The fourth-order valence-electron chi connectivity index (χ4n) is 2.06. The van der Waals surface area contributed by atoms with Gasteiger partial charge in [-0.3, -0.25) is 14.9 Å². The molecule has 100 valence electrons. The van der Waals surface area contributed by atoms with E-state index in [9.17, 15) is 14.9 Å². The quantitative estimate of drug-likeness (QED) is 0.668. The lowest BCUT2D eigenvalue weighted by Crippen LogP contribution is -2.15. The number of nitro groups is 1. The molecule has 0 aliphatic carbocycles. The smallest absolute Gasteiger partial charge is 0.270 e. The maximum Gasteiger partial charge on any atom is 0.270 e. The van der Waals surface area contributed by atoms with Gasteiger partial charge in [-0.25, -0.2) is 0 Å². The van der Waals surface area contributed by atoms with Crippen LogP contribution in [0.5, 0.6) is 0 Å². The predicted molar refractivity (Wildman–Crippen MR) is 73.3 cm³/mol. The van der Waals surface area contributed by atoms with Crippen molar-refractivity contribution in [2.45, 2.75) is 13.8 Å². The van der Waals surface area contributed by atoms with Crippen molar-refractivity contribution in [3.63, 3.8) is 0 Å². The van der Waals surface area contributed by atoms with E-state index in [2.05, 4.69) is 4.98 Å². The van der Waals surface area contributed by atoms with Gasteiger partial charge in [-0.05, 0) is 25.0 Å². The number of hydrogen-bond acceptors (Lipinski definition) is 4. The number of nitro benzene ring substituents is 1. The number of benzene rings is 1. The highest BCUT2D eigenvalue weighted by atomic mass is 16.6. The van der Waals surface area contributed by atoms with Gasteiger partial charge in [-0.1, -0.05) is 12.1 Å². The summed E-state index contributed by atoms with van der Waals surface area (Å²) in [5, 5.41) is 20.0. The molecule has 0 saturated heterocycles. The SMILES string of the molecule is Cc1[nH]c(=O)c(C#N)c(-c2cccc([N+](=O)[O-])c2)c1C. The van der Waals surface area contributed by atoms with Crippen molar-refractivity contribution in [3.05, 3.63) is 61.6 Å². The maximum absolute atomic E-state index is 11.8. The van der Waals surface area contributed by atoms with E-state index in [1.54, 1.807) is 19.9 Å². The molecule has 6 heteroatoms. The molecule has 0 spiro atoms. The maximum atomic E-state index is 11.8. The lowest BCUT2D eigenvalue weighted by Gasteiger charge is -2.10. The van der Waals surface area contributed by atoms with Gasteiger partial charge in [0, 0.05) is 23.4 Å². The molecule has 0 fully saturated rings. The van der Waals surface area contributed by atoms with Crippen LogP contribution in [0.25, 0.3) is 11.1 Å². The zero-order valence-corrected chi connectivity index (χ0v) is 10.9. The Labute approximate surface area is 114 Å². The zero-order valence-electron chi connectivity index (χ0n) is 10.9. The third kappa shape index (κ3) is 2.17. The van der Waals surface area contributed by atoms with Gasteiger partial charge in [0.1, 0.15) is 11.6 Å². The van der Waals surface area contributed by atoms with Crippen LogP contribution in [0.1, 0.15) is 16.8 Å². The second kappa shape index (κ2) is 4.97. The molecule has 1 aromatic heterocycles. The van der Waals surface area contributed by atoms with Crippen molar-refractivity contribution in [2.24, 2.45) is 0 Å². The van der Waals surface area contributed by atoms with Crippen LogP contribution in [0.4, 0.5) is 5.69 Å². The Balaban J connectivity index is 2.82. The molecule has 0 saturated carbocycles. The summed E-state index contributed by atoms with van der Waals surface area (Å²) >= 11 is 0. The van der Waals surface area contributed by atoms with Crippen LogP contribution in [-0.4, -0.2) is 9.91 Å². The van der Waals surface area contributed by atoms with Gasteiger partial charge < -0.3 is 4.98 Å². The predicted octanol–water partition coefficient (Wildman–Crippen LogP) is 2.44. The third-order valence-corrected chi connectivity index (χ3v) is 3.17. The molecular weight excluding hydrogens is 258 g/mol. The van der Waals surface area contributed by atoms with Crippen LogP contribution in [-0.2, 0) is 0 Å². The third-order valence-electron chi connectivity index (χ3n) is 3.17. The van der Waals surface area contributed by atoms with Crippen LogP contribution < -0.4 is 5.56 Å². The summed E-state index contributed by atoms with van der Waals surface area (Å²) in [6.45, 7) is 3.49. The van der Waals surface area contributed by atoms with Crippen LogP contribution in [0.15, 0.2) is 29.1 Å². The number of non-ortho nitro benzene ring substituents is 1. The van der Waals surface area contributed by atoms with E-state index in [-0.39, 0.29) is 11.3 Å². The van der Waals surface area contributed by atoms with Gasteiger partial charge in [-0.15, -0.1) is 0 Å². The molecule has 0 radical (unpaired) electrons. The van der Waals surface area contributed by atoms with Gasteiger partial charge >= 0.3 is 0 Å². The molecule has 0 bridgehead atoms. The minimum Gasteiger partial charge on any atom is -0.325 e. The second-order valence-electron chi connectivity index (χ2n) is 4.37. The van der Waals surface area contributed by atoms with E-state index in [4.69, 9.17) is 5.26 Å². The number of pyridine rings is 1. The highest BCUT2D eigenvalue weighted by Crippen LogP contribution is 2.29. The Morgan fingerprint density at radius 3 is 2.65 bits per heavy atom. The molecule has 2 aromatic rings. The number of nitriles is 1. The first-order valence-corrected chi connectivity index (χ1v) is 5.84. The van der Waals surface area contributed by atoms with Crippen molar-refractivity contribution in [2.75, 3.05) is 0 Å². The highest BCUT2D eigenvalue weighted by Gasteiger charge is 2.16. The Bertz CT molecular complexity index is 800. The summed E-state index contributed by atoms with van der Waals surface area (Å²) in [6.07, 6.45) is 0. The van der Waals surface area contributed by atoms with Gasteiger partial charge in [0.15, 0.2) is 0 Å². The Kier molecular flexibility index (Phi) is 3.36. The number of hydrogen-bond donors (Lipinski definition) is 1. The van der Waals surface area contributed by atoms with Gasteiger partial charge in [-0.2, -0.15) is 5.26 Å². The molecule has 0 unspecified atom stereocenters. The second-order valence-corrected chi connectivity index (χ2v) is 4.37. The van der Waals surface area contributed by atoms with E-state index in [0.29, 0.717) is 16.8 Å². The molecule has 20 heavy (non-hydrogen) atoms. The zero-order chi connectivity index (χ0) is 14.9. The number of aryl methyl sites for hydroxylation is 1. The summed E-state index contributed by atoms with van der Waals surface area (Å²) in [6, 6.07) is 7.77. The normalized spacial score (nSPS) is 10.1. The number of H-pyrrole nitrogens is 1. The minimum absolute atomic E-state index is 0.0337. The highest BCUT2D eigenvalue weighted by molar-refractivity contribution is 5.75. The molecule has 6 nitrogen and oxygen atoms in total. The van der Waals surface area contributed by atoms with E-state index < -0.39 is 10.5 Å². The van der Waals surface area contributed by atoms with E-state index >= 15 is 0 Å². The molecule has 2 rings (SSSR count). The number of nitrogens with zero attached hydrogens (tertiary/aromatic N) is 2. The summed E-state index contributed by atoms with van der Waals surface area (Å²) in [7, 11) is 0. The minimum atomic E-state index is -0.509. The number of aromatic amines is 1. The lowest BCUT2D eigenvalue weighted by molar-refractivity contribution is -0.384. The van der Waals surface area contributed by atoms with Crippen molar-refractivity contribution >= 4 is 5.69 Å². The molecule has 0 aliphatic rings. The fraction of sp³-hybridized carbons (Fsp3) is 0.143. The van der Waals surface area contributed by atoms with E-state index in [0.717, 1.165) is 5.56 Å². The van der Waals surface area contributed by atoms with Crippen molar-refractivity contribution in [1.29, 1.82) is 5.26 Å². The molecule has 1 aromatic carbocycles. The summed E-state index contributed by atoms with van der Waals surface area (Å²) in [5.74, 6) is 0. The number of aromatic nitrogens is 1. The average molecular weight is 269 g/mol. The average Bonchev–Trinajstić information content (AvgIpc) is 2.42.